The van der Waals surface area contributed by atoms with Gasteiger partial charge in [0, 0.05) is 25.9 Å². The number of nitrogens with one attached hydrogen (secondary N) is 1. The van der Waals surface area contributed by atoms with Crippen molar-refractivity contribution in [3.63, 3.8) is 0 Å². The van der Waals surface area contributed by atoms with Gasteiger partial charge in [-0.25, -0.2) is 9.59 Å². The first kappa shape index (κ1) is 17.0. The van der Waals surface area contributed by atoms with Crippen molar-refractivity contribution in [3.05, 3.63) is 29.8 Å². The van der Waals surface area contributed by atoms with Gasteiger partial charge in [0.2, 0.25) is 0 Å². The lowest BCUT2D eigenvalue weighted by molar-refractivity contribution is 0.0600. The van der Waals surface area contributed by atoms with Gasteiger partial charge in [0.25, 0.3) is 0 Å². The van der Waals surface area contributed by atoms with E-state index in [2.05, 4.69) is 10.1 Å². The average Bonchev–Trinajstić information content (AvgIpc) is 2.50. The number of ether oxygens (including phenoxy) is 2. The Labute approximate surface area is 125 Å². The second-order valence-corrected chi connectivity index (χ2v) is 4.48. The Bertz CT molecular complexity index is 476. The van der Waals surface area contributed by atoms with E-state index in [4.69, 9.17) is 4.74 Å². The van der Waals surface area contributed by atoms with Gasteiger partial charge in [0.05, 0.1) is 19.3 Å². The maximum Gasteiger partial charge on any atom is 0.337 e. The molecule has 0 aliphatic rings. The van der Waals surface area contributed by atoms with E-state index >= 15 is 0 Å². The van der Waals surface area contributed by atoms with E-state index in [1.807, 2.05) is 6.92 Å². The van der Waals surface area contributed by atoms with Gasteiger partial charge < -0.3 is 19.7 Å². The Morgan fingerprint density at radius 2 is 2.00 bits per heavy atom. The molecule has 0 heterocycles. The molecule has 0 unspecified atom stereocenters. The molecule has 0 aromatic heterocycles. The van der Waals surface area contributed by atoms with Crippen LogP contribution in [0.15, 0.2) is 24.3 Å². The van der Waals surface area contributed by atoms with Crippen LogP contribution in [0, 0.1) is 0 Å². The molecule has 116 valence electrons. The molecule has 0 spiro atoms. The van der Waals surface area contributed by atoms with Crippen LogP contribution < -0.4 is 5.32 Å². The van der Waals surface area contributed by atoms with Crippen molar-refractivity contribution in [2.75, 3.05) is 39.2 Å². The summed E-state index contributed by atoms with van der Waals surface area (Å²) >= 11 is 0. The zero-order valence-electron chi connectivity index (χ0n) is 12.7. The van der Waals surface area contributed by atoms with Gasteiger partial charge >= 0.3 is 12.0 Å². The molecule has 2 amide bonds. The number of carbonyl (C=O) groups is 2. The normalized spacial score (nSPS) is 10.0. The molecule has 0 saturated heterocycles. The fraction of sp³-hybridized carbons (Fsp3) is 0.467. The van der Waals surface area contributed by atoms with E-state index in [1.165, 1.54) is 7.11 Å². The van der Waals surface area contributed by atoms with E-state index in [1.54, 1.807) is 36.3 Å². The maximum atomic E-state index is 12.2. The molecule has 6 nitrogen and oxygen atoms in total. The minimum Gasteiger partial charge on any atom is -0.465 e. The lowest BCUT2D eigenvalue weighted by atomic mass is 10.2. The van der Waals surface area contributed by atoms with Gasteiger partial charge in [-0.2, -0.15) is 0 Å². The number of amides is 2. The number of benzene rings is 1. The number of methoxy groups -OCH3 is 2. The molecule has 0 bridgehead atoms. The Balaban J connectivity index is 2.73. The van der Waals surface area contributed by atoms with Gasteiger partial charge in [0.1, 0.15) is 0 Å². The van der Waals surface area contributed by atoms with Crippen LogP contribution in [-0.2, 0) is 9.47 Å². The largest absolute Gasteiger partial charge is 0.465 e. The Morgan fingerprint density at radius 3 is 2.62 bits per heavy atom. The molecule has 1 aromatic carbocycles. The van der Waals surface area contributed by atoms with Crippen LogP contribution in [0.1, 0.15) is 23.7 Å². The third-order valence-electron chi connectivity index (χ3n) is 2.88. The number of urea groups is 1. The molecule has 1 aromatic rings. The number of carbonyl (C=O) groups excluding carboxylic acids is 2. The summed E-state index contributed by atoms with van der Waals surface area (Å²) in [5.41, 5.74) is 0.954. The van der Waals surface area contributed by atoms with Crippen molar-refractivity contribution in [3.8, 4) is 0 Å². The molecule has 0 atom stereocenters. The first-order chi connectivity index (χ1) is 10.1. The lowest BCUT2D eigenvalue weighted by Crippen LogP contribution is -2.37. The van der Waals surface area contributed by atoms with Crippen LogP contribution >= 0.6 is 0 Å². The predicted molar refractivity (Wildman–Crippen MR) is 80.5 cm³/mol. The summed E-state index contributed by atoms with van der Waals surface area (Å²) in [6.45, 7) is 3.65. The minimum atomic E-state index is -0.434. The molecular formula is C15H22N2O4. The van der Waals surface area contributed by atoms with Crippen molar-refractivity contribution < 1.29 is 19.1 Å². The number of hydrogen-bond acceptors (Lipinski definition) is 4. The number of esters is 1. The zero-order valence-corrected chi connectivity index (χ0v) is 12.7. The lowest BCUT2D eigenvalue weighted by Gasteiger charge is -2.22. The predicted octanol–water partition coefficient (Wildman–Crippen LogP) is 2.36. The molecule has 1 N–H and O–H groups in total. The van der Waals surface area contributed by atoms with Crippen molar-refractivity contribution >= 4 is 17.7 Å². The smallest absolute Gasteiger partial charge is 0.337 e. The van der Waals surface area contributed by atoms with Gasteiger partial charge in [-0.05, 0) is 24.6 Å². The number of anilines is 1. The van der Waals surface area contributed by atoms with Crippen LogP contribution in [-0.4, -0.2) is 50.8 Å². The highest BCUT2D eigenvalue weighted by molar-refractivity contribution is 5.93. The molecule has 0 fully saturated rings. The monoisotopic (exact) mass is 294 g/mol. The summed E-state index contributed by atoms with van der Waals surface area (Å²) in [6, 6.07) is 6.43. The van der Waals surface area contributed by atoms with Gasteiger partial charge in [0.15, 0.2) is 0 Å². The minimum absolute atomic E-state index is 0.212. The molecule has 6 heteroatoms. The van der Waals surface area contributed by atoms with Crippen molar-refractivity contribution in [2.45, 2.75) is 13.3 Å². The molecule has 0 radical (unpaired) electrons. The summed E-state index contributed by atoms with van der Waals surface area (Å²) in [4.78, 5) is 25.3. The van der Waals surface area contributed by atoms with E-state index in [0.29, 0.717) is 30.9 Å². The van der Waals surface area contributed by atoms with Crippen molar-refractivity contribution in [1.82, 2.24) is 4.90 Å². The van der Waals surface area contributed by atoms with Crippen LogP contribution in [0.3, 0.4) is 0 Å². The topological polar surface area (TPSA) is 67.9 Å². The van der Waals surface area contributed by atoms with Crippen molar-refractivity contribution in [2.24, 2.45) is 0 Å². The number of rotatable bonds is 7. The Hall–Kier alpha value is -2.08. The van der Waals surface area contributed by atoms with E-state index in [9.17, 15) is 9.59 Å². The standard InChI is InChI=1S/C15H22N2O4/c1-4-8-17(9-10-20-2)15(19)16-13-7-5-6-12(11-13)14(18)21-3/h5-7,11H,4,8-10H2,1-3H3,(H,16,19). The Kier molecular flexibility index (Phi) is 7.25. The van der Waals surface area contributed by atoms with Crippen LogP contribution in [0.4, 0.5) is 10.5 Å². The maximum absolute atomic E-state index is 12.2. The van der Waals surface area contributed by atoms with E-state index in [0.717, 1.165) is 6.42 Å². The number of nitrogens with zero attached hydrogens (tertiary/aromatic N) is 1. The molecular weight excluding hydrogens is 272 g/mol. The summed E-state index contributed by atoms with van der Waals surface area (Å²) < 4.78 is 9.66. The molecule has 0 saturated carbocycles. The zero-order chi connectivity index (χ0) is 15.7. The SMILES string of the molecule is CCCN(CCOC)C(=O)Nc1cccc(C(=O)OC)c1. The highest BCUT2D eigenvalue weighted by Gasteiger charge is 2.13. The summed E-state index contributed by atoms with van der Waals surface area (Å²) in [6.07, 6.45) is 0.860. The first-order valence-corrected chi connectivity index (χ1v) is 6.85. The fourth-order valence-electron chi connectivity index (χ4n) is 1.83. The highest BCUT2D eigenvalue weighted by Crippen LogP contribution is 2.12. The average molecular weight is 294 g/mol. The van der Waals surface area contributed by atoms with Gasteiger partial charge in [-0.15, -0.1) is 0 Å². The van der Waals surface area contributed by atoms with Crippen LogP contribution in [0.2, 0.25) is 0 Å². The second-order valence-electron chi connectivity index (χ2n) is 4.48. The Morgan fingerprint density at radius 1 is 1.24 bits per heavy atom. The van der Waals surface area contributed by atoms with Crippen molar-refractivity contribution in [1.29, 1.82) is 0 Å². The summed E-state index contributed by atoms with van der Waals surface area (Å²) in [5, 5.41) is 2.78. The van der Waals surface area contributed by atoms with Gasteiger partial charge in [-0.3, -0.25) is 0 Å². The van der Waals surface area contributed by atoms with Crippen LogP contribution in [0.5, 0.6) is 0 Å². The van der Waals surface area contributed by atoms with E-state index in [-0.39, 0.29) is 6.03 Å². The highest BCUT2D eigenvalue weighted by atomic mass is 16.5. The second kappa shape index (κ2) is 8.97. The van der Waals surface area contributed by atoms with Crippen LogP contribution in [0.25, 0.3) is 0 Å². The molecule has 21 heavy (non-hydrogen) atoms. The molecule has 1 rings (SSSR count). The third kappa shape index (κ3) is 5.43. The quantitative estimate of drug-likeness (QED) is 0.784. The molecule has 0 aliphatic carbocycles. The van der Waals surface area contributed by atoms with E-state index < -0.39 is 5.97 Å². The summed E-state index contributed by atoms with van der Waals surface area (Å²) in [5.74, 6) is -0.434. The fourth-order valence-corrected chi connectivity index (χ4v) is 1.83. The molecule has 0 aliphatic heterocycles. The number of hydrogen-bond donors (Lipinski definition) is 1. The summed E-state index contributed by atoms with van der Waals surface area (Å²) in [7, 11) is 2.92. The first-order valence-electron chi connectivity index (χ1n) is 6.85. The third-order valence-corrected chi connectivity index (χ3v) is 2.88. The van der Waals surface area contributed by atoms with Gasteiger partial charge in [-0.1, -0.05) is 13.0 Å².